The van der Waals surface area contributed by atoms with E-state index in [0.717, 1.165) is 78.3 Å². The lowest BCUT2D eigenvalue weighted by molar-refractivity contribution is 0.0601. The molecule has 214 valence electrons. The Labute approximate surface area is 241 Å². The number of carbonyl (C=O) groups is 1. The normalized spacial score (nSPS) is 11.5. The molecule has 0 saturated carbocycles. The molecule has 5 rings (SSSR count). The number of para-hydroxylation sites is 1. The molecule has 2 heterocycles. The number of ether oxygens (including phenoxy) is 2. The van der Waals surface area contributed by atoms with E-state index in [-0.39, 0.29) is 5.97 Å². The van der Waals surface area contributed by atoms with Crippen LogP contribution in [0.2, 0.25) is 0 Å². The second-order valence-corrected chi connectivity index (χ2v) is 10.7. The fraction of sp³-hybridized carbons (Fsp3) is 0.364. The molecule has 2 aromatic heterocycles. The Balaban J connectivity index is 1.61. The van der Waals surface area contributed by atoms with Crippen molar-refractivity contribution in [1.29, 1.82) is 0 Å². The Hall–Kier alpha value is -4.17. The molecule has 41 heavy (non-hydrogen) atoms. The lowest BCUT2D eigenvalue weighted by atomic mass is 10.1. The van der Waals surface area contributed by atoms with E-state index in [2.05, 4.69) is 64.7 Å². The van der Waals surface area contributed by atoms with Crippen LogP contribution in [0, 0.1) is 5.92 Å². The van der Waals surface area contributed by atoms with Crippen LogP contribution in [0.4, 0.5) is 5.95 Å². The summed E-state index contributed by atoms with van der Waals surface area (Å²) in [4.78, 5) is 22.4. The summed E-state index contributed by atoms with van der Waals surface area (Å²) >= 11 is 0. The predicted molar refractivity (Wildman–Crippen MR) is 164 cm³/mol. The van der Waals surface area contributed by atoms with E-state index in [0.29, 0.717) is 18.1 Å². The quantitative estimate of drug-likeness (QED) is 0.131. The third-order valence-corrected chi connectivity index (χ3v) is 7.38. The lowest BCUT2D eigenvalue weighted by Gasteiger charge is -2.15. The number of carbonyl (C=O) groups excluding carboxylic acids is 1. The monoisotopic (exact) mass is 553 g/mol. The van der Waals surface area contributed by atoms with E-state index >= 15 is 0 Å². The molecule has 0 saturated heterocycles. The van der Waals surface area contributed by atoms with Crippen LogP contribution >= 0.6 is 0 Å². The average Bonchev–Trinajstić information content (AvgIpc) is 3.53. The first-order valence-electron chi connectivity index (χ1n) is 14.3. The van der Waals surface area contributed by atoms with Crippen LogP contribution in [0.25, 0.3) is 33.5 Å². The van der Waals surface area contributed by atoms with Gasteiger partial charge in [0.2, 0.25) is 5.95 Å². The number of methoxy groups -OCH3 is 2. The summed E-state index contributed by atoms with van der Waals surface area (Å²) in [5.74, 6) is 1.90. The third-order valence-electron chi connectivity index (χ3n) is 7.38. The Morgan fingerprint density at radius 3 is 2.51 bits per heavy atom. The standard InChI is InChI=1S/C33H39N5O3/c1-23(2)17-20-38-30-26(12-8-13-27(30)36-33(38)34-18-16-24-10-6-5-7-11-24)31-35-28-22-25(32(39)41-4)14-15-29(28)37(31)19-9-21-40-3/h5-8,10-15,22-23H,9,16-21H2,1-4H3,(H,34,36). The summed E-state index contributed by atoms with van der Waals surface area (Å²) in [7, 11) is 3.11. The van der Waals surface area contributed by atoms with E-state index in [1.54, 1.807) is 13.2 Å². The van der Waals surface area contributed by atoms with E-state index in [1.807, 2.05) is 24.3 Å². The van der Waals surface area contributed by atoms with Gasteiger partial charge >= 0.3 is 5.97 Å². The van der Waals surface area contributed by atoms with Gasteiger partial charge in [-0.3, -0.25) is 0 Å². The number of imidazole rings is 2. The van der Waals surface area contributed by atoms with Crippen molar-refractivity contribution < 1.29 is 14.3 Å². The number of rotatable bonds is 13. The van der Waals surface area contributed by atoms with Gasteiger partial charge in [-0.15, -0.1) is 0 Å². The highest BCUT2D eigenvalue weighted by molar-refractivity contribution is 5.97. The highest BCUT2D eigenvalue weighted by Crippen LogP contribution is 2.34. The molecule has 0 radical (unpaired) electrons. The predicted octanol–water partition coefficient (Wildman–Crippen LogP) is 6.58. The fourth-order valence-corrected chi connectivity index (χ4v) is 5.24. The zero-order chi connectivity index (χ0) is 28.8. The topological polar surface area (TPSA) is 83.2 Å². The number of benzene rings is 3. The molecule has 0 aliphatic heterocycles. The number of nitrogens with zero attached hydrogens (tertiary/aromatic N) is 4. The number of hydrogen-bond acceptors (Lipinski definition) is 6. The Morgan fingerprint density at radius 2 is 1.76 bits per heavy atom. The van der Waals surface area contributed by atoms with Crippen molar-refractivity contribution in [3.8, 4) is 11.4 Å². The molecule has 0 fully saturated rings. The van der Waals surface area contributed by atoms with Crippen LogP contribution in [0.15, 0.2) is 66.7 Å². The largest absolute Gasteiger partial charge is 0.465 e. The minimum Gasteiger partial charge on any atom is -0.465 e. The zero-order valence-electron chi connectivity index (χ0n) is 24.4. The number of fused-ring (bicyclic) bond motifs is 2. The molecule has 0 unspecified atom stereocenters. The maximum Gasteiger partial charge on any atom is 0.337 e. The second-order valence-electron chi connectivity index (χ2n) is 10.7. The molecular weight excluding hydrogens is 514 g/mol. The SMILES string of the molecule is COCCCn1c(-c2cccc3nc(NCCc4ccccc4)n(CCC(C)C)c23)nc2cc(C(=O)OC)ccc21. The van der Waals surface area contributed by atoms with Crippen molar-refractivity contribution in [1.82, 2.24) is 19.1 Å². The van der Waals surface area contributed by atoms with E-state index in [4.69, 9.17) is 19.4 Å². The molecule has 0 aliphatic rings. The van der Waals surface area contributed by atoms with Gasteiger partial charge in [0.1, 0.15) is 5.82 Å². The fourth-order valence-electron chi connectivity index (χ4n) is 5.24. The van der Waals surface area contributed by atoms with Crippen molar-refractivity contribution in [2.24, 2.45) is 5.92 Å². The van der Waals surface area contributed by atoms with Gasteiger partial charge in [-0.05, 0) is 61.1 Å². The average molecular weight is 554 g/mol. The first-order valence-corrected chi connectivity index (χ1v) is 14.3. The zero-order valence-corrected chi connectivity index (χ0v) is 24.4. The molecule has 1 N–H and O–H groups in total. The smallest absolute Gasteiger partial charge is 0.337 e. The second kappa shape index (κ2) is 13.0. The minimum absolute atomic E-state index is 0.373. The van der Waals surface area contributed by atoms with Crippen LogP contribution in [0.5, 0.6) is 0 Å². The number of hydrogen-bond donors (Lipinski definition) is 1. The van der Waals surface area contributed by atoms with Gasteiger partial charge in [-0.1, -0.05) is 50.2 Å². The van der Waals surface area contributed by atoms with Crippen LogP contribution < -0.4 is 5.32 Å². The van der Waals surface area contributed by atoms with E-state index < -0.39 is 0 Å². The summed E-state index contributed by atoms with van der Waals surface area (Å²) in [5.41, 5.74) is 6.51. The van der Waals surface area contributed by atoms with Crippen molar-refractivity contribution in [3.63, 3.8) is 0 Å². The lowest BCUT2D eigenvalue weighted by Crippen LogP contribution is -2.12. The maximum atomic E-state index is 12.3. The number of nitrogens with one attached hydrogen (secondary N) is 1. The molecule has 8 nitrogen and oxygen atoms in total. The van der Waals surface area contributed by atoms with Gasteiger partial charge in [0.15, 0.2) is 0 Å². The number of esters is 1. The minimum atomic E-state index is -0.373. The molecule has 0 amide bonds. The summed E-state index contributed by atoms with van der Waals surface area (Å²) < 4.78 is 14.9. The highest BCUT2D eigenvalue weighted by Gasteiger charge is 2.21. The molecule has 3 aromatic carbocycles. The van der Waals surface area contributed by atoms with Gasteiger partial charge in [-0.25, -0.2) is 14.8 Å². The third kappa shape index (κ3) is 6.28. The van der Waals surface area contributed by atoms with E-state index in [1.165, 1.54) is 12.7 Å². The Bertz CT molecular complexity index is 1620. The van der Waals surface area contributed by atoms with Gasteiger partial charge in [-0.2, -0.15) is 0 Å². The Morgan fingerprint density at radius 1 is 0.927 bits per heavy atom. The molecule has 0 bridgehead atoms. The molecule has 5 aromatic rings. The molecule has 0 spiro atoms. The van der Waals surface area contributed by atoms with Crippen LogP contribution in [-0.2, 0) is 29.0 Å². The van der Waals surface area contributed by atoms with Crippen LogP contribution in [0.1, 0.15) is 42.6 Å². The number of aromatic nitrogens is 4. The number of anilines is 1. The summed E-state index contributed by atoms with van der Waals surface area (Å²) in [6.45, 7) is 7.50. The van der Waals surface area contributed by atoms with Gasteiger partial charge in [0.25, 0.3) is 0 Å². The van der Waals surface area contributed by atoms with Crippen molar-refractivity contribution in [3.05, 3.63) is 77.9 Å². The summed E-state index contributed by atoms with van der Waals surface area (Å²) in [6, 6.07) is 22.3. The first-order chi connectivity index (χ1) is 20.0. The van der Waals surface area contributed by atoms with Crippen molar-refractivity contribution in [2.75, 3.05) is 32.7 Å². The van der Waals surface area contributed by atoms with Crippen molar-refractivity contribution in [2.45, 2.75) is 46.2 Å². The van der Waals surface area contributed by atoms with Crippen LogP contribution in [0.3, 0.4) is 0 Å². The van der Waals surface area contributed by atoms with Crippen molar-refractivity contribution >= 4 is 34.0 Å². The summed E-state index contributed by atoms with van der Waals surface area (Å²) in [5, 5.41) is 3.62. The van der Waals surface area contributed by atoms with Crippen LogP contribution in [-0.4, -0.2) is 52.4 Å². The van der Waals surface area contributed by atoms with E-state index in [9.17, 15) is 4.79 Å². The Kier molecular flexibility index (Phi) is 8.99. The molecule has 0 atom stereocenters. The molecule has 0 aliphatic carbocycles. The van der Waals surface area contributed by atoms with Gasteiger partial charge in [0.05, 0.1) is 34.7 Å². The maximum absolute atomic E-state index is 12.3. The molecule has 8 heteroatoms. The first kappa shape index (κ1) is 28.4. The van der Waals surface area contributed by atoms with Gasteiger partial charge in [0, 0.05) is 38.9 Å². The number of aryl methyl sites for hydroxylation is 2. The molecular formula is C33H39N5O3. The summed E-state index contributed by atoms with van der Waals surface area (Å²) in [6.07, 6.45) is 2.78. The van der Waals surface area contributed by atoms with Gasteiger partial charge < -0.3 is 23.9 Å². The highest BCUT2D eigenvalue weighted by atomic mass is 16.5.